The first-order chi connectivity index (χ1) is 10.5. The molecule has 1 aromatic heterocycles. The molecule has 6 nitrogen and oxygen atoms in total. The third-order valence-corrected chi connectivity index (χ3v) is 4.25. The van der Waals surface area contributed by atoms with Gasteiger partial charge in [0.15, 0.2) is 0 Å². The molecule has 0 spiro atoms. The zero-order valence-corrected chi connectivity index (χ0v) is 12.9. The number of aryl methyl sites for hydroxylation is 2. The lowest BCUT2D eigenvalue weighted by molar-refractivity contribution is -0.135. The summed E-state index contributed by atoms with van der Waals surface area (Å²) < 4.78 is 1.77. The Morgan fingerprint density at radius 3 is 3.09 bits per heavy atom. The van der Waals surface area contributed by atoms with Crippen molar-refractivity contribution < 1.29 is 9.90 Å². The van der Waals surface area contributed by atoms with Crippen molar-refractivity contribution in [3.8, 4) is 5.75 Å². The van der Waals surface area contributed by atoms with E-state index in [9.17, 15) is 9.90 Å². The van der Waals surface area contributed by atoms with Gasteiger partial charge in [0.05, 0.1) is 11.4 Å². The largest absolute Gasteiger partial charge is 0.508 e. The highest BCUT2D eigenvalue weighted by atomic mass is 16.3. The minimum absolute atomic E-state index is 0.0213. The fourth-order valence-electron chi connectivity index (χ4n) is 3.04. The van der Waals surface area contributed by atoms with Crippen LogP contribution in [-0.2, 0) is 31.2 Å². The number of nitrogens with zero attached hydrogens (tertiary/aromatic N) is 4. The molecular weight excluding hydrogens is 280 g/mol. The molecule has 116 valence electrons. The van der Waals surface area contributed by atoms with E-state index >= 15 is 0 Å². The summed E-state index contributed by atoms with van der Waals surface area (Å²) in [5.41, 5.74) is 3.01. The smallest absolute Gasteiger partial charge is 0.226 e. The van der Waals surface area contributed by atoms with Gasteiger partial charge in [-0.2, -0.15) is 0 Å². The minimum Gasteiger partial charge on any atom is -0.508 e. The highest BCUT2D eigenvalue weighted by Gasteiger charge is 2.29. The molecule has 0 bridgehead atoms. The van der Waals surface area contributed by atoms with Crippen LogP contribution in [0.3, 0.4) is 0 Å². The standard InChI is InChI=1S/C16H20N4O2/c1-19(10-11-4-3-5-13(21)8-11)16(22)12-6-7-14-15(9-12)20(2)18-17-14/h3-5,8,12,21H,6-7,9-10H2,1-2H3. The molecule has 1 aliphatic carbocycles. The van der Waals surface area contributed by atoms with Crippen molar-refractivity contribution in [3.63, 3.8) is 0 Å². The van der Waals surface area contributed by atoms with E-state index in [0.717, 1.165) is 29.8 Å². The summed E-state index contributed by atoms with van der Waals surface area (Å²) in [4.78, 5) is 14.4. The van der Waals surface area contributed by atoms with Crippen LogP contribution in [0.4, 0.5) is 0 Å². The van der Waals surface area contributed by atoms with Crippen LogP contribution in [0.25, 0.3) is 0 Å². The molecule has 1 atom stereocenters. The molecule has 6 heteroatoms. The summed E-state index contributed by atoms with van der Waals surface area (Å²) in [7, 11) is 3.68. The minimum atomic E-state index is -0.0213. The Hall–Kier alpha value is -2.37. The van der Waals surface area contributed by atoms with Crippen LogP contribution >= 0.6 is 0 Å². The van der Waals surface area contributed by atoms with Crippen LogP contribution in [0.2, 0.25) is 0 Å². The summed E-state index contributed by atoms with van der Waals surface area (Å²) in [6.07, 6.45) is 2.32. The van der Waals surface area contributed by atoms with E-state index in [1.807, 2.05) is 20.2 Å². The number of aromatic hydroxyl groups is 1. The van der Waals surface area contributed by atoms with Gasteiger partial charge in [0.1, 0.15) is 5.75 Å². The number of carbonyl (C=O) groups is 1. The second kappa shape index (κ2) is 5.79. The van der Waals surface area contributed by atoms with Gasteiger partial charge >= 0.3 is 0 Å². The average Bonchev–Trinajstić information content (AvgIpc) is 2.87. The van der Waals surface area contributed by atoms with E-state index in [-0.39, 0.29) is 17.6 Å². The molecule has 1 N–H and O–H groups in total. The average molecular weight is 300 g/mol. The Labute approximate surface area is 129 Å². The van der Waals surface area contributed by atoms with Crippen molar-refractivity contribution in [3.05, 3.63) is 41.2 Å². The van der Waals surface area contributed by atoms with Gasteiger partial charge in [-0.15, -0.1) is 5.10 Å². The van der Waals surface area contributed by atoms with E-state index < -0.39 is 0 Å². The first-order valence-electron chi connectivity index (χ1n) is 7.45. The SMILES string of the molecule is CN(Cc1cccc(O)c1)C(=O)C1CCc2nnn(C)c2C1. The Balaban J connectivity index is 1.68. The Morgan fingerprint density at radius 1 is 1.50 bits per heavy atom. The first kappa shape index (κ1) is 14.6. The number of hydrogen-bond donors (Lipinski definition) is 1. The number of rotatable bonds is 3. The number of fused-ring (bicyclic) bond motifs is 1. The van der Waals surface area contributed by atoms with Crippen molar-refractivity contribution in [2.75, 3.05) is 7.05 Å². The van der Waals surface area contributed by atoms with Crippen LogP contribution in [0.1, 0.15) is 23.4 Å². The van der Waals surface area contributed by atoms with E-state index in [4.69, 9.17) is 0 Å². The molecule has 1 heterocycles. The zero-order valence-electron chi connectivity index (χ0n) is 12.9. The first-order valence-corrected chi connectivity index (χ1v) is 7.45. The lowest BCUT2D eigenvalue weighted by Gasteiger charge is -2.26. The van der Waals surface area contributed by atoms with Crippen molar-refractivity contribution in [2.24, 2.45) is 13.0 Å². The molecule has 3 rings (SSSR count). The maximum absolute atomic E-state index is 12.6. The highest BCUT2D eigenvalue weighted by molar-refractivity contribution is 5.79. The van der Waals surface area contributed by atoms with E-state index in [1.165, 1.54) is 0 Å². The summed E-state index contributed by atoms with van der Waals surface area (Å²) in [6, 6.07) is 7.02. The summed E-state index contributed by atoms with van der Waals surface area (Å²) in [5.74, 6) is 0.337. The second-order valence-corrected chi connectivity index (χ2v) is 5.91. The maximum Gasteiger partial charge on any atom is 0.226 e. The molecule has 0 saturated carbocycles. The van der Waals surface area contributed by atoms with Gasteiger partial charge in [-0.25, -0.2) is 0 Å². The molecule has 0 aliphatic heterocycles. The van der Waals surface area contributed by atoms with Crippen molar-refractivity contribution in [1.29, 1.82) is 0 Å². The normalized spacial score (nSPS) is 17.1. The van der Waals surface area contributed by atoms with Gasteiger partial charge in [-0.1, -0.05) is 17.3 Å². The van der Waals surface area contributed by atoms with Gasteiger partial charge in [0.25, 0.3) is 0 Å². The van der Waals surface area contributed by atoms with Crippen LogP contribution in [0.5, 0.6) is 5.75 Å². The van der Waals surface area contributed by atoms with Crippen LogP contribution in [-0.4, -0.2) is 38.0 Å². The van der Waals surface area contributed by atoms with Crippen molar-refractivity contribution in [1.82, 2.24) is 19.9 Å². The third kappa shape index (κ3) is 2.81. The highest BCUT2D eigenvalue weighted by Crippen LogP contribution is 2.25. The molecule has 1 aromatic carbocycles. The predicted octanol–water partition coefficient (Wildman–Crippen LogP) is 1.28. The molecule has 0 fully saturated rings. The Morgan fingerprint density at radius 2 is 2.32 bits per heavy atom. The van der Waals surface area contributed by atoms with Crippen molar-refractivity contribution >= 4 is 5.91 Å². The Kier molecular flexibility index (Phi) is 3.83. The number of amides is 1. The predicted molar refractivity (Wildman–Crippen MR) is 81.1 cm³/mol. The number of benzene rings is 1. The number of phenolic OH excluding ortho intramolecular Hbond substituents is 1. The van der Waals surface area contributed by atoms with E-state index in [2.05, 4.69) is 10.3 Å². The quantitative estimate of drug-likeness (QED) is 0.927. The van der Waals surface area contributed by atoms with Gasteiger partial charge < -0.3 is 10.0 Å². The molecule has 0 radical (unpaired) electrons. The lowest BCUT2D eigenvalue weighted by Crippen LogP contribution is -2.35. The molecule has 22 heavy (non-hydrogen) atoms. The monoisotopic (exact) mass is 300 g/mol. The molecule has 1 amide bonds. The molecule has 2 aromatic rings. The van der Waals surface area contributed by atoms with Gasteiger partial charge in [0, 0.05) is 33.0 Å². The van der Waals surface area contributed by atoms with Gasteiger partial charge in [-0.3, -0.25) is 9.48 Å². The van der Waals surface area contributed by atoms with Crippen molar-refractivity contribution in [2.45, 2.75) is 25.8 Å². The van der Waals surface area contributed by atoms with Crippen LogP contribution in [0, 0.1) is 5.92 Å². The Bertz CT molecular complexity index is 695. The zero-order chi connectivity index (χ0) is 15.7. The number of carbonyl (C=O) groups excluding carboxylic acids is 1. The fourth-order valence-corrected chi connectivity index (χ4v) is 3.04. The molecular formula is C16H20N4O2. The molecule has 1 aliphatic rings. The lowest BCUT2D eigenvalue weighted by atomic mass is 9.88. The summed E-state index contributed by atoms with van der Waals surface area (Å²) in [5, 5.41) is 17.7. The maximum atomic E-state index is 12.6. The summed E-state index contributed by atoms with van der Waals surface area (Å²) in [6.45, 7) is 0.500. The number of aromatic nitrogens is 3. The number of hydrogen-bond acceptors (Lipinski definition) is 4. The third-order valence-electron chi connectivity index (χ3n) is 4.25. The second-order valence-electron chi connectivity index (χ2n) is 5.91. The fraction of sp³-hybridized carbons (Fsp3) is 0.438. The van der Waals surface area contributed by atoms with E-state index in [0.29, 0.717) is 13.0 Å². The van der Waals surface area contributed by atoms with Crippen LogP contribution < -0.4 is 0 Å². The molecule has 1 unspecified atom stereocenters. The molecule has 0 saturated heterocycles. The topological polar surface area (TPSA) is 71.2 Å². The van der Waals surface area contributed by atoms with Gasteiger partial charge in [-0.05, 0) is 30.5 Å². The summed E-state index contributed by atoms with van der Waals surface area (Å²) >= 11 is 0. The van der Waals surface area contributed by atoms with E-state index in [1.54, 1.807) is 27.8 Å². The van der Waals surface area contributed by atoms with Gasteiger partial charge in [0.2, 0.25) is 5.91 Å². The number of phenols is 1. The van der Waals surface area contributed by atoms with Crippen LogP contribution in [0.15, 0.2) is 24.3 Å².